The van der Waals surface area contributed by atoms with Crippen molar-refractivity contribution in [1.29, 1.82) is 0 Å². The largest absolute Gasteiger partial charge is 0.352 e. The molecule has 1 N–H and O–H groups in total. The molecule has 2 rings (SSSR count). The molecule has 0 aromatic carbocycles. The third-order valence-corrected chi connectivity index (χ3v) is 6.38. The second kappa shape index (κ2) is 8.24. The summed E-state index contributed by atoms with van der Waals surface area (Å²) in [5.41, 5.74) is 0. The molecule has 1 heterocycles. The zero-order valence-corrected chi connectivity index (χ0v) is 14.4. The molecule has 1 aromatic rings. The Hall–Kier alpha value is -0.270. The van der Waals surface area contributed by atoms with Gasteiger partial charge in [-0.15, -0.1) is 10.2 Å². The molecule has 0 saturated heterocycles. The normalized spacial score (nSPS) is 17.9. The molecule has 7 heteroatoms. The van der Waals surface area contributed by atoms with Crippen LogP contribution in [-0.2, 0) is 4.79 Å². The van der Waals surface area contributed by atoms with Crippen LogP contribution in [0.1, 0.15) is 46.0 Å². The molecule has 112 valence electrons. The van der Waals surface area contributed by atoms with Gasteiger partial charge in [0.2, 0.25) is 5.91 Å². The van der Waals surface area contributed by atoms with E-state index in [1.54, 1.807) is 23.1 Å². The van der Waals surface area contributed by atoms with Crippen LogP contribution in [0.3, 0.4) is 0 Å². The van der Waals surface area contributed by atoms with E-state index in [-0.39, 0.29) is 11.2 Å². The van der Waals surface area contributed by atoms with E-state index in [4.69, 9.17) is 0 Å². The van der Waals surface area contributed by atoms with Gasteiger partial charge >= 0.3 is 0 Å². The van der Waals surface area contributed by atoms with E-state index in [1.165, 1.54) is 31.0 Å². The van der Waals surface area contributed by atoms with Crippen LogP contribution >= 0.6 is 34.9 Å². The zero-order valence-electron chi connectivity index (χ0n) is 11.9. The molecular formula is C13H21N3OS3. The number of nitrogens with zero attached hydrogens (tertiary/aromatic N) is 2. The molecular weight excluding hydrogens is 310 g/mol. The fraction of sp³-hybridized carbons (Fsp3) is 0.769. The zero-order chi connectivity index (χ0) is 14.4. The van der Waals surface area contributed by atoms with Gasteiger partial charge in [0.05, 0.1) is 5.25 Å². The number of amides is 1. The van der Waals surface area contributed by atoms with E-state index in [0.29, 0.717) is 6.04 Å². The minimum absolute atomic E-state index is 0.107. The van der Waals surface area contributed by atoms with Gasteiger partial charge in [0.1, 0.15) is 0 Å². The number of carbonyl (C=O) groups is 1. The van der Waals surface area contributed by atoms with Crippen LogP contribution in [0.2, 0.25) is 0 Å². The van der Waals surface area contributed by atoms with Crippen molar-refractivity contribution in [2.45, 2.75) is 65.9 Å². The first-order valence-electron chi connectivity index (χ1n) is 7.12. The number of nitrogens with one attached hydrogen (secondary N) is 1. The predicted octanol–water partition coefficient (Wildman–Crippen LogP) is 3.58. The molecule has 1 aromatic heterocycles. The summed E-state index contributed by atoms with van der Waals surface area (Å²) in [6, 6.07) is 0.375. The second-order valence-corrected chi connectivity index (χ2v) is 8.95. The van der Waals surface area contributed by atoms with Crippen molar-refractivity contribution in [3.8, 4) is 0 Å². The Balaban J connectivity index is 1.80. The number of carbonyl (C=O) groups excluding carboxylic acids is 1. The highest BCUT2D eigenvalue weighted by molar-refractivity contribution is 8.03. The van der Waals surface area contributed by atoms with E-state index < -0.39 is 0 Å². The molecule has 1 fully saturated rings. The van der Waals surface area contributed by atoms with E-state index in [1.807, 2.05) is 6.92 Å². The molecule has 1 saturated carbocycles. The summed E-state index contributed by atoms with van der Waals surface area (Å²) in [6.45, 7) is 4.04. The average Bonchev–Trinajstić information content (AvgIpc) is 2.87. The number of hydrogen-bond donors (Lipinski definition) is 1. The van der Waals surface area contributed by atoms with Crippen LogP contribution < -0.4 is 5.32 Å². The molecule has 1 unspecified atom stereocenters. The first-order valence-corrected chi connectivity index (χ1v) is 9.80. The quantitative estimate of drug-likeness (QED) is 0.808. The molecule has 0 spiro atoms. The summed E-state index contributed by atoms with van der Waals surface area (Å²) in [7, 11) is 0. The van der Waals surface area contributed by atoms with Crippen LogP contribution in [-0.4, -0.2) is 33.1 Å². The summed E-state index contributed by atoms with van der Waals surface area (Å²) >= 11 is 4.77. The fourth-order valence-corrected chi connectivity index (χ4v) is 5.27. The van der Waals surface area contributed by atoms with Crippen LogP contribution in [0.5, 0.6) is 0 Å². The van der Waals surface area contributed by atoms with Gasteiger partial charge in [0, 0.05) is 6.04 Å². The number of thioether (sulfide) groups is 2. The summed E-state index contributed by atoms with van der Waals surface area (Å²) < 4.78 is 1.86. The lowest BCUT2D eigenvalue weighted by Gasteiger charge is -2.24. The highest BCUT2D eigenvalue weighted by Crippen LogP contribution is 2.31. The van der Waals surface area contributed by atoms with Crippen molar-refractivity contribution < 1.29 is 4.79 Å². The Morgan fingerprint density at radius 2 is 2.05 bits per heavy atom. The maximum absolute atomic E-state index is 12.2. The lowest BCUT2D eigenvalue weighted by Crippen LogP contribution is -2.40. The Morgan fingerprint density at radius 3 is 2.75 bits per heavy atom. The van der Waals surface area contributed by atoms with Crippen molar-refractivity contribution in [3.63, 3.8) is 0 Å². The molecule has 1 atom stereocenters. The molecule has 1 aliphatic rings. The maximum Gasteiger partial charge on any atom is 0.233 e. The highest BCUT2D eigenvalue weighted by Gasteiger charge is 2.21. The first kappa shape index (κ1) is 16.1. The minimum atomic E-state index is -0.107. The summed E-state index contributed by atoms with van der Waals surface area (Å²) in [6.07, 6.45) is 6.03. The third kappa shape index (κ3) is 4.93. The first-order chi connectivity index (χ1) is 9.69. The molecule has 1 aliphatic carbocycles. The smallest absolute Gasteiger partial charge is 0.233 e. The number of aromatic nitrogens is 2. The minimum Gasteiger partial charge on any atom is -0.352 e. The van der Waals surface area contributed by atoms with Crippen molar-refractivity contribution in [1.82, 2.24) is 15.5 Å². The number of rotatable bonds is 6. The van der Waals surface area contributed by atoms with Gasteiger partial charge in [-0.05, 0) is 25.5 Å². The third-order valence-electron chi connectivity index (χ3n) is 3.25. The van der Waals surface area contributed by atoms with Crippen LogP contribution in [0.15, 0.2) is 8.68 Å². The van der Waals surface area contributed by atoms with E-state index in [2.05, 4.69) is 22.4 Å². The second-order valence-electron chi connectivity index (χ2n) is 4.87. The van der Waals surface area contributed by atoms with Gasteiger partial charge in [-0.3, -0.25) is 4.79 Å². The van der Waals surface area contributed by atoms with Crippen LogP contribution in [0, 0.1) is 0 Å². The molecule has 4 nitrogen and oxygen atoms in total. The molecule has 0 radical (unpaired) electrons. The van der Waals surface area contributed by atoms with Crippen LogP contribution in [0.4, 0.5) is 0 Å². The van der Waals surface area contributed by atoms with Crippen molar-refractivity contribution in [2.24, 2.45) is 0 Å². The maximum atomic E-state index is 12.2. The van der Waals surface area contributed by atoms with Gasteiger partial charge < -0.3 is 5.32 Å². The summed E-state index contributed by atoms with van der Waals surface area (Å²) in [4.78, 5) is 12.2. The van der Waals surface area contributed by atoms with E-state index in [9.17, 15) is 4.79 Å². The summed E-state index contributed by atoms with van der Waals surface area (Å²) in [5.74, 6) is 1.12. The lowest BCUT2D eigenvalue weighted by atomic mass is 9.95. The highest BCUT2D eigenvalue weighted by atomic mass is 32.2. The Morgan fingerprint density at radius 1 is 1.35 bits per heavy atom. The van der Waals surface area contributed by atoms with Crippen molar-refractivity contribution in [3.05, 3.63) is 0 Å². The Kier molecular flexibility index (Phi) is 6.64. The molecule has 20 heavy (non-hydrogen) atoms. The topological polar surface area (TPSA) is 54.9 Å². The fourth-order valence-electron chi connectivity index (χ4n) is 2.20. The molecule has 1 amide bonds. The van der Waals surface area contributed by atoms with Gasteiger partial charge in [0.25, 0.3) is 0 Å². The average molecular weight is 332 g/mol. The predicted molar refractivity (Wildman–Crippen MR) is 86.6 cm³/mol. The van der Waals surface area contributed by atoms with Crippen molar-refractivity contribution >= 4 is 40.8 Å². The summed E-state index contributed by atoms with van der Waals surface area (Å²) in [5, 5.41) is 11.3. The monoisotopic (exact) mass is 331 g/mol. The van der Waals surface area contributed by atoms with Gasteiger partial charge in [0.15, 0.2) is 8.68 Å². The standard InChI is InChI=1S/C13H21N3OS3/c1-3-18-12-15-16-13(20-12)19-9(2)11(17)14-10-7-5-4-6-8-10/h9-10H,3-8H2,1-2H3,(H,14,17). The molecule has 0 aliphatic heterocycles. The number of hydrogen-bond acceptors (Lipinski definition) is 6. The van der Waals surface area contributed by atoms with E-state index >= 15 is 0 Å². The van der Waals surface area contributed by atoms with Gasteiger partial charge in [-0.25, -0.2) is 0 Å². The Labute approximate surface area is 132 Å². The SMILES string of the molecule is CCSc1nnc(SC(C)C(=O)NC2CCCCC2)s1. The van der Waals surface area contributed by atoms with Gasteiger partial charge in [-0.2, -0.15) is 0 Å². The molecule has 0 bridgehead atoms. The van der Waals surface area contributed by atoms with E-state index in [0.717, 1.165) is 27.3 Å². The lowest BCUT2D eigenvalue weighted by molar-refractivity contribution is -0.121. The Bertz CT molecular complexity index is 432. The van der Waals surface area contributed by atoms with Gasteiger partial charge in [-0.1, -0.05) is 61.0 Å². The van der Waals surface area contributed by atoms with Crippen LogP contribution in [0.25, 0.3) is 0 Å². The van der Waals surface area contributed by atoms with Crippen molar-refractivity contribution in [2.75, 3.05) is 5.75 Å².